The largest absolute Gasteiger partial charge is 0.509 e. The van der Waals surface area contributed by atoms with Crippen LogP contribution in [0.15, 0.2) is 12.7 Å². The summed E-state index contributed by atoms with van der Waals surface area (Å²) >= 11 is 0. The van der Waals surface area contributed by atoms with Crippen LogP contribution in [0.5, 0.6) is 0 Å². The van der Waals surface area contributed by atoms with Gasteiger partial charge in [-0.25, -0.2) is 19.2 Å². The molecular weight excluding hydrogens is 442 g/mol. The summed E-state index contributed by atoms with van der Waals surface area (Å²) in [7, 11) is 0. The van der Waals surface area contributed by atoms with Crippen molar-refractivity contribution in [3.05, 3.63) is 12.7 Å². The highest BCUT2D eigenvalue weighted by Crippen LogP contribution is 2.16. The lowest BCUT2D eigenvalue weighted by molar-refractivity contribution is -0.200. The summed E-state index contributed by atoms with van der Waals surface area (Å²) in [5, 5.41) is 0.272. The van der Waals surface area contributed by atoms with Gasteiger partial charge in [0.2, 0.25) is 12.2 Å². The van der Waals surface area contributed by atoms with Crippen LogP contribution >= 0.6 is 0 Å². The monoisotopic (exact) mass is 471 g/mol. The molecule has 12 heteroatoms. The SMILES string of the molecule is C=C[C@H](OC(=O)[C@H](CC(=O)ON1C(=O)CCC1=O)OC(=O)OC(C)(C)C)C(=O)OCC(C)C. The van der Waals surface area contributed by atoms with E-state index in [1.54, 1.807) is 34.6 Å². The summed E-state index contributed by atoms with van der Waals surface area (Å²) in [6.45, 7) is 11.7. The molecule has 1 rings (SSSR count). The maximum Gasteiger partial charge on any atom is 0.509 e. The molecule has 1 aliphatic rings. The van der Waals surface area contributed by atoms with Crippen LogP contribution in [-0.4, -0.2) is 65.4 Å². The van der Waals surface area contributed by atoms with Gasteiger partial charge in [0, 0.05) is 12.8 Å². The van der Waals surface area contributed by atoms with E-state index in [0.717, 1.165) is 6.08 Å². The van der Waals surface area contributed by atoms with Crippen LogP contribution in [0, 0.1) is 5.92 Å². The fraction of sp³-hybridized carbons (Fsp3) is 0.619. The number of imide groups is 1. The second-order valence-electron chi connectivity index (χ2n) is 8.44. The Bertz CT molecular complexity index is 781. The second-order valence-corrected chi connectivity index (χ2v) is 8.44. The van der Waals surface area contributed by atoms with Gasteiger partial charge in [0.05, 0.1) is 13.0 Å². The highest BCUT2D eigenvalue weighted by molar-refractivity contribution is 6.01. The minimum absolute atomic E-state index is 0.0177. The molecule has 0 aliphatic carbocycles. The molecule has 2 atom stereocenters. The summed E-state index contributed by atoms with van der Waals surface area (Å²) in [5.41, 5.74) is -0.981. The lowest BCUT2D eigenvalue weighted by Gasteiger charge is -2.23. The molecule has 0 aromatic heterocycles. The van der Waals surface area contributed by atoms with E-state index in [9.17, 15) is 28.8 Å². The molecule has 0 N–H and O–H groups in total. The second kappa shape index (κ2) is 12.0. The molecular formula is C21H29NO11. The highest BCUT2D eigenvalue weighted by Gasteiger charge is 2.37. The van der Waals surface area contributed by atoms with Gasteiger partial charge in [0.15, 0.2) is 0 Å². The fourth-order valence-electron chi connectivity index (χ4n) is 2.24. The van der Waals surface area contributed by atoms with Crippen molar-refractivity contribution in [2.75, 3.05) is 6.61 Å². The lowest BCUT2D eigenvalue weighted by Crippen LogP contribution is -2.39. The number of rotatable bonds is 10. The number of hydrogen-bond donors (Lipinski definition) is 0. The van der Waals surface area contributed by atoms with E-state index >= 15 is 0 Å². The van der Waals surface area contributed by atoms with Crippen LogP contribution in [0.1, 0.15) is 53.9 Å². The third kappa shape index (κ3) is 9.71. The molecule has 0 aromatic rings. The van der Waals surface area contributed by atoms with E-state index < -0.39 is 60.1 Å². The number of carbonyl (C=O) groups excluding carboxylic acids is 6. The van der Waals surface area contributed by atoms with Gasteiger partial charge in [-0.2, -0.15) is 0 Å². The molecule has 0 saturated carbocycles. The molecule has 33 heavy (non-hydrogen) atoms. The summed E-state index contributed by atoms with van der Waals surface area (Å²) in [4.78, 5) is 76.8. The molecule has 12 nitrogen and oxygen atoms in total. The molecule has 1 heterocycles. The number of hydrogen-bond acceptors (Lipinski definition) is 11. The molecule has 1 fully saturated rings. The quantitative estimate of drug-likeness (QED) is 0.198. The molecule has 0 aromatic carbocycles. The van der Waals surface area contributed by atoms with Crippen LogP contribution < -0.4 is 0 Å². The molecule has 2 amide bonds. The van der Waals surface area contributed by atoms with Crippen LogP contribution in [0.2, 0.25) is 0 Å². The van der Waals surface area contributed by atoms with E-state index in [4.69, 9.17) is 18.9 Å². The zero-order valence-corrected chi connectivity index (χ0v) is 19.3. The first-order valence-electron chi connectivity index (χ1n) is 10.2. The van der Waals surface area contributed by atoms with Crippen molar-refractivity contribution < 1.29 is 52.6 Å². The van der Waals surface area contributed by atoms with Gasteiger partial charge < -0.3 is 23.8 Å². The van der Waals surface area contributed by atoms with Crippen molar-refractivity contribution in [2.24, 2.45) is 5.92 Å². The van der Waals surface area contributed by atoms with Gasteiger partial charge in [-0.3, -0.25) is 9.59 Å². The van der Waals surface area contributed by atoms with E-state index in [1.807, 2.05) is 0 Å². The standard InChI is InChI=1S/C21H29NO11/c1-7-13(18(26)29-11-12(2)3)30-19(27)14(31-20(28)32-21(4,5)6)10-17(25)33-22-15(23)8-9-16(22)24/h7,12-14H,1,8-11H2,2-6H3/t13-,14-/m0/s1. The smallest absolute Gasteiger partial charge is 0.462 e. The topological polar surface area (TPSA) is 152 Å². The first-order valence-corrected chi connectivity index (χ1v) is 10.2. The first-order chi connectivity index (χ1) is 15.2. The van der Waals surface area contributed by atoms with E-state index in [2.05, 4.69) is 11.4 Å². The minimum Gasteiger partial charge on any atom is -0.462 e. The summed E-state index contributed by atoms with van der Waals surface area (Å²) in [6.07, 6.45) is -4.97. The number of carbonyl (C=O) groups is 6. The maximum atomic E-state index is 12.6. The maximum absolute atomic E-state index is 12.6. The van der Waals surface area contributed by atoms with Crippen LogP contribution in [0.25, 0.3) is 0 Å². The molecule has 0 spiro atoms. The van der Waals surface area contributed by atoms with Crippen LogP contribution in [0.4, 0.5) is 4.79 Å². The Balaban J connectivity index is 2.92. The fourth-order valence-corrected chi connectivity index (χ4v) is 2.24. The van der Waals surface area contributed by atoms with Crippen molar-refractivity contribution in [3.63, 3.8) is 0 Å². The Hall–Kier alpha value is -3.44. The molecule has 1 aliphatic heterocycles. The zero-order chi connectivity index (χ0) is 25.3. The third-order valence-electron chi connectivity index (χ3n) is 3.69. The van der Waals surface area contributed by atoms with Crippen molar-refractivity contribution in [1.82, 2.24) is 5.06 Å². The predicted molar refractivity (Wildman–Crippen MR) is 109 cm³/mol. The van der Waals surface area contributed by atoms with Crippen molar-refractivity contribution in [3.8, 4) is 0 Å². The van der Waals surface area contributed by atoms with Crippen LogP contribution in [-0.2, 0) is 47.8 Å². The van der Waals surface area contributed by atoms with Gasteiger partial charge in [0.1, 0.15) is 5.60 Å². The summed E-state index contributed by atoms with van der Waals surface area (Å²) in [6, 6.07) is 0. The third-order valence-corrected chi connectivity index (χ3v) is 3.69. The van der Waals surface area contributed by atoms with E-state index in [-0.39, 0.29) is 30.4 Å². The minimum atomic E-state index is -1.92. The highest BCUT2D eigenvalue weighted by atomic mass is 16.8. The van der Waals surface area contributed by atoms with Gasteiger partial charge >= 0.3 is 24.1 Å². The van der Waals surface area contributed by atoms with Crippen molar-refractivity contribution in [1.29, 1.82) is 0 Å². The zero-order valence-electron chi connectivity index (χ0n) is 19.3. The molecule has 0 bridgehead atoms. The van der Waals surface area contributed by atoms with Gasteiger partial charge in [-0.05, 0) is 32.8 Å². The Morgan fingerprint density at radius 1 is 1.03 bits per heavy atom. The average molecular weight is 471 g/mol. The molecule has 0 radical (unpaired) electrons. The lowest BCUT2D eigenvalue weighted by atomic mass is 10.2. The molecule has 0 unspecified atom stereocenters. The number of ether oxygens (including phenoxy) is 4. The van der Waals surface area contributed by atoms with Crippen LogP contribution in [0.3, 0.4) is 0 Å². The number of nitrogens with zero attached hydrogens (tertiary/aromatic N) is 1. The average Bonchev–Trinajstić information content (AvgIpc) is 2.99. The Labute approximate surface area is 191 Å². The van der Waals surface area contributed by atoms with Gasteiger partial charge in [-0.1, -0.05) is 20.4 Å². The summed E-state index contributed by atoms with van der Waals surface area (Å²) in [5.74, 6) is -4.91. The van der Waals surface area contributed by atoms with Crippen molar-refractivity contribution >= 4 is 35.9 Å². The van der Waals surface area contributed by atoms with Gasteiger partial charge in [-0.15, -0.1) is 5.06 Å². The van der Waals surface area contributed by atoms with Gasteiger partial charge in [0.25, 0.3) is 11.8 Å². The van der Waals surface area contributed by atoms with Crippen molar-refractivity contribution in [2.45, 2.75) is 71.7 Å². The molecule has 1 saturated heterocycles. The Morgan fingerprint density at radius 3 is 2.09 bits per heavy atom. The summed E-state index contributed by atoms with van der Waals surface area (Å²) < 4.78 is 19.8. The van der Waals surface area contributed by atoms with E-state index in [0.29, 0.717) is 0 Å². The number of esters is 2. The predicted octanol–water partition coefficient (Wildman–Crippen LogP) is 1.60. The Morgan fingerprint density at radius 2 is 1.61 bits per heavy atom. The van der Waals surface area contributed by atoms with E-state index in [1.165, 1.54) is 0 Å². The Kier molecular flexibility index (Phi) is 10.0. The number of amides is 2. The normalized spacial score (nSPS) is 15.5. The molecule has 184 valence electrons. The first kappa shape index (κ1) is 27.6. The number of hydroxylamine groups is 2.